The van der Waals surface area contributed by atoms with Crippen LogP contribution in [0.4, 0.5) is 5.69 Å². The van der Waals surface area contributed by atoms with E-state index in [9.17, 15) is 14.9 Å². The molecule has 1 aliphatic heterocycles. The Morgan fingerprint density at radius 3 is 2.96 bits per heavy atom. The fourth-order valence-corrected chi connectivity index (χ4v) is 2.47. The number of nitrogens with one attached hydrogen (secondary N) is 1. The average molecular weight is 323 g/mol. The number of nitro groups is 1. The van der Waals surface area contributed by atoms with Gasteiger partial charge in [-0.2, -0.15) is 0 Å². The molecule has 1 fully saturated rings. The number of benzene rings is 1. The van der Waals surface area contributed by atoms with Crippen molar-refractivity contribution in [2.75, 3.05) is 33.4 Å². The molecule has 126 valence electrons. The topological polar surface area (TPSA) is 93.9 Å². The summed E-state index contributed by atoms with van der Waals surface area (Å²) in [4.78, 5) is 24.1. The number of carbonyl (C=O) groups is 1. The summed E-state index contributed by atoms with van der Waals surface area (Å²) in [5, 5.41) is 14.5. The normalized spacial score (nSPS) is 18.4. The molecule has 0 spiro atoms. The van der Waals surface area contributed by atoms with Crippen LogP contribution >= 0.6 is 0 Å². The lowest BCUT2D eigenvalue weighted by molar-refractivity contribution is -0.385. The van der Waals surface area contributed by atoms with Gasteiger partial charge in [0.1, 0.15) is 0 Å². The van der Waals surface area contributed by atoms with E-state index in [1.54, 1.807) is 6.07 Å². The van der Waals surface area contributed by atoms with Crippen molar-refractivity contribution < 1.29 is 19.2 Å². The molecule has 1 heterocycles. The second kappa shape index (κ2) is 7.89. The Morgan fingerprint density at radius 2 is 2.30 bits per heavy atom. The predicted molar refractivity (Wildman–Crippen MR) is 83.3 cm³/mol. The third-order valence-electron chi connectivity index (χ3n) is 3.82. The fourth-order valence-electron chi connectivity index (χ4n) is 2.47. The van der Waals surface area contributed by atoms with Crippen LogP contribution < -0.4 is 10.1 Å². The van der Waals surface area contributed by atoms with Crippen molar-refractivity contribution >= 4 is 11.7 Å². The van der Waals surface area contributed by atoms with E-state index < -0.39 is 10.9 Å². The summed E-state index contributed by atoms with van der Waals surface area (Å²) in [5.74, 6) is -0.518. The van der Waals surface area contributed by atoms with Gasteiger partial charge in [0.2, 0.25) is 0 Å². The van der Waals surface area contributed by atoms with Gasteiger partial charge in [-0.15, -0.1) is 0 Å². The van der Waals surface area contributed by atoms with Crippen LogP contribution in [0.5, 0.6) is 5.75 Å². The monoisotopic (exact) mass is 323 g/mol. The van der Waals surface area contributed by atoms with E-state index >= 15 is 0 Å². The van der Waals surface area contributed by atoms with E-state index in [1.807, 2.05) is 0 Å². The quantitative estimate of drug-likeness (QED) is 0.473. The first-order valence-corrected chi connectivity index (χ1v) is 7.43. The largest absolute Gasteiger partial charge is 0.475 e. The molecule has 1 N–H and O–H groups in total. The molecule has 0 aromatic heterocycles. The fraction of sp³-hybridized carbons (Fsp3) is 0.533. The van der Waals surface area contributed by atoms with E-state index in [1.165, 1.54) is 19.2 Å². The summed E-state index contributed by atoms with van der Waals surface area (Å²) < 4.78 is 9.64. The van der Waals surface area contributed by atoms with Crippen molar-refractivity contribution in [3.05, 3.63) is 33.9 Å². The number of carbonyl (C=O) groups excluding carboxylic acids is 1. The van der Waals surface area contributed by atoms with Crippen molar-refractivity contribution in [2.45, 2.75) is 19.5 Å². The molecule has 1 unspecified atom stereocenters. The van der Waals surface area contributed by atoms with Crippen LogP contribution in [0, 0.1) is 10.1 Å². The van der Waals surface area contributed by atoms with E-state index in [4.69, 9.17) is 4.74 Å². The molecule has 8 heteroatoms. The highest BCUT2D eigenvalue weighted by Gasteiger charge is 2.21. The molecular weight excluding hydrogens is 302 g/mol. The van der Waals surface area contributed by atoms with Gasteiger partial charge in [0.25, 0.3) is 0 Å². The summed E-state index contributed by atoms with van der Waals surface area (Å²) in [5.41, 5.74) is 0.699. The van der Waals surface area contributed by atoms with Crippen molar-refractivity contribution in [3.63, 3.8) is 0 Å². The molecule has 1 saturated heterocycles. The average Bonchev–Trinajstić information content (AvgIpc) is 2.55. The summed E-state index contributed by atoms with van der Waals surface area (Å²) >= 11 is 0. The number of ether oxygens (including phenoxy) is 2. The maximum Gasteiger partial charge on any atom is 0.343 e. The Labute approximate surface area is 134 Å². The number of nitrogens with zero attached hydrogens (tertiary/aromatic N) is 2. The molecular formula is C15H21N3O5. The zero-order chi connectivity index (χ0) is 16.8. The molecule has 1 aromatic rings. The lowest BCUT2D eigenvalue weighted by Crippen LogP contribution is -2.49. The van der Waals surface area contributed by atoms with Gasteiger partial charge < -0.3 is 14.8 Å². The van der Waals surface area contributed by atoms with Crippen molar-refractivity contribution in [1.82, 2.24) is 10.2 Å². The van der Waals surface area contributed by atoms with E-state index in [2.05, 4.69) is 21.9 Å². The van der Waals surface area contributed by atoms with Crippen molar-refractivity contribution in [3.8, 4) is 5.75 Å². The van der Waals surface area contributed by atoms with Crippen LogP contribution in [0.15, 0.2) is 18.2 Å². The highest BCUT2D eigenvalue weighted by molar-refractivity contribution is 5.71. The van der Waals surface area contributed by atoms with Crippen LogP contribution in [0.25, 0.3) is 0 Å². The lowest BCUT2D eigenvalue weighted by atomic mass is 10.1. The zero-order valence-electron chi connectivity index (χ0n) is 13.3. The van der Waals surface area contributed by atoms with Crippen LogP contribution in [0.2, 0.25) is 0 Å². The van der Waals surface area contributed by atoms with Crippen LogP contribution in [0.3, 0.4) is 0 Å². The smallest absolute Gasteiger partial charge is 0.343 e. The maximum atomic E-state index is 11.2. The first-order valence-electron chi connectivity index (χ1n) is 7.43. The molecule has 0 aliphatic carbocycles. The molecule has 0 radical (unpaired) electrons. The summed E-state index contributed by atoms with van der Waals surface area (Å²) in [6.07, 6.45) is 0. The Morgan fingerprint density at radius 1 is 1.52 bits per heavy atom. The molecule has 1 atom stereocenters. The molecule has 23 heavy (non-hydrogen) atoms. The molecule has 0 amide bonds. The second-order valence-corrected chi connectivity index (χ2v) is 5.45. The molecule has 8 nitrogen and oxygen atoms in total. The number of hydrogen-bond acceptors (Lipinski definition) is 7. The highest BCUT2D eigenvalue weighted by atomic mass is 16.6. The summed E-state index contributed by atoms with van der Waals surface area (Å²) in [7, 11) is 1.23. The number of piperazine rings is 1. The minimum Gasteiger partial charge on any atom is -0.475 e. The SMILES string of the molecule is COC(=O)COc1ccc(CN2CCNCC2C)cc1[N+](=O)[O-]. The van der Waals surface area contributed by atoms with Gasteiger partial charge in [-0.3, -0.25) is 15.0 Å². The van der Waals surface area contributed by atoms with Crippen LogP contribution in [-0.4, -0.2) is 55.2 Å². The second-order valence-electron chi connectivity index (χ2n) is 5.45. The van der Waals surface area contributed by atoms with E-state index in [0.717, 1.165) is 25.2 Å². The van der Waals surface area contributed by atoms with Gasteiger partial charge in [-0.1, -0.05) is 6.07 Å². The molecule has 1 aromatic carbocycles. The van der Waals surface area contributed by atoms with Gasteiger partial charge in [-0.25, -0.2) is 4.79 Å². The molecule has 0 saturated carbocycles. The van der Waals surface area contributed by atoms with Gasteiger partial charge in [0.15, 0.2) is 12.4 Å². The molecule has 1 aliphatic rings. The standard InChI is InChI=1S/C15H21N3O5/c1-11-8-16-5-6-17(11)9-12-3-4-14(13(7-12)18(20)21)23-10-15(19)22-2/h3-4,7,11,16H,5-6,8-10H2,1-2H3. The number of esters is 1. The van der Waals surface area contributed by atoms with Crippen LogP contribution in [-0.2, 0) is 16.1 Å². The van der Waals surface area contributed by atoms with Crippen molar-refractivity contribution in [1.29, 1.82) is 0 Å². The van der Waals surface area contributed by atoms with Gasteiger partial charge >= 0.3 is 11.7 Å². The number of methoxy groups -OCH3 is 1. The third kappa shape index (κ3) is 4.64. The van der Waals surface area contributed by atoms with Crippen molar-refractivity contribution in [2.24, 2.45) is 0 Å². The van der Waals surface area contributed by atoms with Gasteiger partial charge in [0, 0.05) is 38.3 Å². The van der Waals surface area contributed by atoms with E-state index in [-0.39, 0.29) is 18.0 Å². The first kappa shape index (κ1) is 17.2. The Hall–Kier alpha value is -2.19. The lowest BCUT2D eigenvalue weighted by Gasteiger charge is -2.33. The third-order valence-corrected chi connectivity index (χ3v) is 3.82. The number of nitro benzene ring substituents is 1. The van der Waals surface area contributed by atoms with Gasteiger partial charge in [0.05, 0.1) is 12.0 Å². The first-order chi connectivity index (χ1) is 11.0. The minimum absolute atomic E-state index is 0.0671. The van der Waals surface area contributed by atoms with Gasteiger partial charge in [-0.05, 0) is 18.6 Å². The predicted octanol–water partition coefficient (Wildman–Crippen LogP) is 0.940. The number of rotatable bonds is 6. The van der Waals surface area contributed by atoms with Crippen LogP contribution in [0.1, 0.15) is 12.5 Å². The molecule has 2 rings (SSSR count). The highest BCUT2D eigenvalue weighted by Crippen LogP contribution is 2.28. The number of hydrogen-bond donors (Lipinski definition) is 1. The minimum atomic E-state index is -0.585. The van der Waals surface area contributed by atoms with E-state index in [0.29, 0.717) is 12.6 Å². The zero-order valence-corrected chi connectivity index (χ0v) is 13.3. The Balaban J connectivity index is 2.11. The Bertz CT molecular complexity index is 578. The molecule has 0 bridgehead atoms. The Kier molecular flexibility index (Phi) is 5.89. The maximum absolute atomic E-state index is 11.2. The summed E-state index contributed by atoms with van der Waals surface area (Å²) in [6, 6.07) is 5.19. The summed E-state index contributed by atoms with van der Waals surface area (Å²) in [6.45, 7) is 5.12.